The first-order chi connectivity index (χ1) is 13.5. The van der Waals surface area contributed by atoms with Crippen LogP contribution in [-0.4, -0.2) is 38.3 Å². The van der Waals surface area contributed by atoms with E-state index in [0.717, 1.165) is 25.7 Å². The van der Waals surface area contributed by atoms with Gasteiger partial charge in [-0.2, -0.15) is 4.31 Å². The molecule has 0 saturated carbocycles. The van der Waals surface area contributed by atoms with Crippen molar-refractivity contribution in [3.8, 4) is 0 Å². The predicted molar refractivity (Wildman–Crippen MR) is 107 cm³/mol. The average Bonchev–Trinajstić information content (AvgIpc) is 3.09. The summed E-state index contributed by atoms with van der Waals surface area (Å²) in [6.07, 6.45) is 5.49. The zero-order chi connectivity index (χ0) is 20.0. The summed E-state index contributed by atoms with van der Waals surface area (Å²) in [4.78, 5) is 12.4. The van der Waals surface area contributed by atoms with Crippen molar-refractivity contribution >= 4 is 21.6 Å². The molecule has 7 nitrogen and oxygen atoms in total. The standard InChI is InChI=1S/C20H27N3O4S/c1-16(19-10-7-13-27-19)22-20(24)15-21-17-8-6-9-18(14-17)28(25,26)23-11-4-2-3-5-12-23/h6-10,13-14,16,21H,2-5,11-12,15H2,1H3,(H,22,24). The summed E-state index contributed by atoms with van der Waals surface area (Å²) < 4.78 is 32.7. The van der Waals surface area contributed by atoms with Crippen molar-refractivity contribution in [2.24, 2.45) is 0 Å². The molecule has 2 heterocycles. The fraction of sp³-hybridized carbons (Fsp3) is 0.450. The summed E-state index contributed by atoms with van der Waals surface area (Å²) in [6.45, 7) is 3.00. The number of carbonyl (C=O) groups excluding carboxylic acids is 1. The van der Waals surface area contributed by atoms with E-state index in [9.17, 15) is 13.2 Å². The minimum absolute atomic E-state index is 0.0399. The van der Waals surface area contributed by atoms with Crippen LogP contribution in [-0.2, 0) is 14.8 Å². The molecule has 3 rings (SSSR count). The van der Waals surface area contributed by atoms with Crippen molar-refractivity contribution in [2.75, 3.05) is 25.0 Å². The van der Waals surface area contributed by atoms with Gasteiger partial charge in [-0.05, 0) is 50.1 Å². The molecule has 1 aliphatic heterocycles. The number of anilines is 1. The largest absolute Gasteiger partial charge is 0.467 e. The lowest BCUT2D eigenvalue weighted by Crippen LogP contribution is -2.32. The number of nitrogens with zero attached hydrogens (tertiary/aromatic N) is 1. The smallest absolute Gasteiger partial charge is 0.243 e. The van der Waals surface area contributed by atoms with Crippen LogP contribution in [0.2, 0.25) is 0 Å². The second kappa shape index (κ2) is 9.25. The molecule has 0 bridgehead atoms. The third-order valence-electron chi connectivity index (χ3n) is 4.84. The van der Waals surface area contributed by atoms with Crippen molar-refractivity contribution in [1.82, 2.24) is 9.62 Å². The number of carbonyl (C=O) groups is 1. The molecule has 28 heavy (non-hydrogen) atoms. The number of benzene rings is 1. The number of furan rings is 1. The molecule has 1 atom stereocenters. The van der Waals surface area contributed by atoms with Crippen LogP contribution in [0.3, 0.4) is 0 Å². The monoisotopic (exact) mass is 405 g/mol. The Labute approximate surface area is 166 Å². The number of hydrogen-bond acceptors (Lipinski definition) is 5. The summed E-state index contributed by atoms with van der Waals surface area (Å²) in [5, 5.41) is 5.83. The van der Waals surface area contributed by atoms with E-state index >= 15 is 0 Å². The summed E-state index contributed by atoms with van der Waals surface area (Å²) in [5.74, 6) is 0.476. The second-order valence-corrected chi connectivity index (χ2v) is 8.94. The molecular formula is C20H27N3O4S. The van der Waals surface area contributed by atoms with Crippen molar-refractivity contribution in [1.29, 1.82) is 0 Å². The maximum absolute atomic E-state index is 12.9. The van der Waals surface area contributed by atoms with E-state index in [1.165, 1.54) is 0 Å². The van der Waals surface area contributed by atoms with Crippen LogP contribution in [0.4, 0.5) is 5.69 Å². The van der Waals surface area contributed by atoms with Gasteiger partial charge >= 0.3 is 0 Å². The van der Waals surface area contributed by atoms with Gasteiger partial charge in [0.1, 0.15) is 5.76 Å². The molecule has 152 valence electrons. The molecular weight excluding hydrogens is 378 g/mol. The fourth-order valence-electron chi connectivity index (χ4n) is 3.28. The molecule has 1 saturated heterocycles. The molecule has 1 amide bonds. The quantitative estimate of drug-likeness (QED) is 0.738. The van der Waals surface area contributed by atoms with Crippen LogP contribution in [0.5, 0.6) is 0 Å². The fourth-order valence-corrected chi connectivity index (χ4v) is 4.84. The summed E-state index contributed by atoms with van der Waals surface area (Å²) in [7, 11) is -3.51. The Morgan fingerprint density at radius 3 is 2.57 bits per heavy atom. The minimum Gasteiger partial charge on any atom is -0.467 e. The predicted octanol–water partition coefficient (Wildman–Crippen LogP) is 3.13. The van der Waals surface area contributed by atoms with Crippen LogP contribution in [0.15, 0.2) is 52.0 Å². The lowest BCUT2D eigenvalue weighted by Gasteiger charge is -2.20. The van der Waals surface area contributed by atoms with Crippen LogP contribution in [0.1, 0.15) is 44.4 Å². The molecule has 0 aliphatic carbocycles. The van der Waals surface area contributed by atoms with Gasteiger partial charge in [0.25, 0.3) is 0 Å². The normalized spacial score (nSPS) is 16.9. The second-order valence-electron chi connectivity index (χ2n) is 7.00. The van der Waals surface area contributed by atoms with Gasteiger partial charge in [0, 0.05) is 18.8 Å². The minimum atomic E-state index is -3.51. The zero-order valence-corrected chi connectivity index (χ0v) is 16.9. The van der Waals surface area contributed by atoms with Crippen molar-refractivity contribution in [3.05, 3.63) is 48.4 Å². The first-order valence-electron chi connectivity index (χ1n) is 9.63. The molecule has 1 aromatic heterocycles. The zero-order valence-electron chi connectivity index (χ0n) is 16.1. The Kier molecular flexibility index (Phi) is 6.74. The molecule has 1 aliphatic rings. The summed E-state index contributed by atoms with van der Waals surface area (Å²) in [6, 6.07) is 9.97. The van der Waals surface area contributed by atoms with Crippen LogP contribution >= 0.6 is 0 Å². The van der Waals surface area contributed by atoms with Gasteiger partial charge in [-0.15, -0.1) is 0 Å². The number of hydrogen-bond donors (Lipinski definition) is 2. The molecule has 8 heteroatoms. The molecule has 0 radical (unpaired) electrons. The maximum atomic E-state index is 12.9. The van der Waals surface area contributed by atoms with E-state index in [2.05, 4.69) is 10.6 Å². The third kappa shape index (κ3) is 5.14. The van der Waals surface area contributed by atoms with Crippen molar-refractivity contribution < 1.29 is 17.6 Å². The number of sulfonamides is 1. The number of amides is 1. The number of nitrogens with one attached hydrogen (secondary N) is 2. The Balaban J connectivity index is 1.60. The average molecular weight is 406 g/mol. The topological polar surface area (TPSA) is 91.7 Å². The maximum Gasteiger partial charge on any atom is 0.243 e. The van der Waals surface area contributed by atoms with Gasteiger partial charge in [0.05, 0.1) is 23.7 Å². The Morgan fingerprint density at radius 2 is 1.89 bits per heavy atom. The first kappa shape index (κ1) is 20.4. The SMILES string of the molecule is CC(NC(=O)CNc1cccc(S(=O)(=O)N2CCCCCC2)c1)c1ccco1. The van der Waals surface area contributed by atoms with E-state index in [4.69, 9.17) is 4.42 Å². The Hall–Kier alpha value is -2.32. The molecule has 2 aromatic rings. The van der Waals surface area contributed by atoms with Crippen molar-refractivity contribution in [2.45, 2.75) is 43.5 Å². The van der Waals surface area contributed by atoms with E-state index in [1.54, 1.807) is 47.0 Å². The highest BCUT2D eigenvalue weighted by Crippen LogP contribution is 2.22. The van der Waals surface area contributed by atoms with Crippen LogP contribution < -0.4 is 10.6 Å². The molecule has 1 fully saturated rings. The van der Waals surface area contributed by atoms with Gasteiger partial charge in [-0.25, -0.2) is 8.42 Å². The van der Waals surface area contributed by atoms with E-state index in [-0.39, 0.29) is 23.4 Å². The van der Waals surface area contributed by atoms with Gasteiger partial charge < -0.3 is 15.1 Å². The van der Waals surface area contributed by atoms with Crippen LogP contribution in [0, 0.1) is 0 Å². The van der Waals surface area contributed by atoms with Gasteiger partial charge in [-0.3, -0.25) is 4.79 Å². The van der Waals surface area contributed by atoms with Gasteiger partial charge in [-0.1, -0.05) is 18.9 Å². The Bertz CT molecular complexity index is 873. The van der Waals surface area contributed by atoms with Gasteiger partial charge in [0.15, 0.2) is 0 Å². The molecule has 1 unspecified atom stereocenters. The van der Waals surface area contributed by atoms with Crippen molar-refractivity contribution in [3.63, 3.8) is 0 Å². The van der Waals surface area contributed by atoms with Crippen LogP contribution in [0.25, 0.3) is 0 Å². The Morgan fingerprint density at radius 1 is 1.14 bits per heavy atom. The molecule has 2 N–H and O–H groups in total. The summed E-state index contributed by atoms with van der Waals surface area (Å²) >= 11 is 0. The first-order valence-corrected chi connectivity index (χ1v) is 11.1. The van der Waals surface area contributed by atoms with Gasteiger partial charge in [0.2, 0.25) is 15.9 Å². The lowest BCUT2D eigenvalue weighted by molar-refractivity contribution is -0.120. The highest BCUT2D eigenvalue weighted by atomic mass is 32.2. The van der Waals surface area contributed by atoms with E-state index in [1.807, 2.05) is 6.92 Å². The number of rotatable bonds is 7. The third-order valence-corrected chi connectivity index (χ3v) is 6.73. The molecule has 0 spiro atoms. The summed E-state index contributed by atoms with van der Waals surface area (Å²) in [5.41, 5.74) is 0.594. The lowest BCUT2D eigenvalue weighted by atomic mass is 10.2. The highest BCUT2D eigenvalue weighted by Gasteiger charge is 2.25. The van der Waals surface area contributed by atoms with E-state index < -0.39 is 10.0 Å². The molecule has 1 aromatic carbocycles. The van der Waals surface area contributed by atoms with E-state index in [0.29, 0.717) is 24.5 Å². The highest BCUT2D eigenvalue weighted by molar-refractivity contribution is 7.89.